The Morgan fingerprint density at radius 3 is 2.38 bits per heavy atom. The highest BCUT2D eigenvalue weighted by atomic mass is 16.6. The first-order valence-corrected chi connectivity index (χ1v) is 8.90. The number of amides is 1. The third-order valence-corrected chi connectivity index (χ3v) is 4.21. The Kier molecular flexibility index (Phi) is 6.52. The van der Waals surface area contributed by atoms with Crippen molar-refractivity contribution in [1.29, 1.82) is 0 Å². The molecule has 0 aliphatic carbocycles. The smallest absolute Gasteiger partial charge is 0.375 e. The highest BCUT2D eigenvalue weighted by molar-refractivity contribution is 5.90. The summed E-state index contributed by atoms with van der Waals surface area (Å²) < 4.78 is 21.1. The molecule has 0 bridgehead atoms. The van der Waals surface area contributed by atoms with Gasteiger partial charge in [0.15, 0.2) is 11.5 Å². The Labute approximate surface area is 168 Å². The van der Waals surface area contributed by atoms with Gasteiger partial charge in [-0.3, -0.25) is 4.79 Å². The maximum atomic E-state index is 12.9. The van der Waals surface area contributed by atoms with Gasteiger partial charge in [0, 0.05) is 12.1 Å². The number of methoxy groups -OCH3 is 2. The number of nitrogens with one attached hydrogen (secondary N) is 1. The van der Waals surface area contributed by atoms with E-state index in [0.717, 1.165) is 5.56 Å². The molecule has 29 heavy (non-hydrogen) atoms. The van der Waals surface area contributed by atoms with Crippen molar-refractivity contribution in [1.82, 2.24) is 5.32 Å². The van der Waals surface area contributed by atoms with Crippen LogP contribution in [0.25, 0.3) is 0 Å². The van der Waals surface area contributed by atoms with Crippen molar-refractivity contribution in [2.24, 2.45) is 0 Å². The quantitative estimate of drug-likeness (QED) is 0.588. The van der Waals surface area contributed by atoms with Crippen LogP contribution in [0.5, 0.6) is 11.5 Å². The van der Waals surface area contributed by atoms with Crippen molar-refractivity contribution in [2.75, 3.05) is 14.2 Å². The fourth-order valence-electron chi connectivity index (χ4n) is 2.73. The average molecular weight is 395 g/mol. The molecule has 0 saturated carbocycles. The minimum absolute atomic E-state index is 0.00587. The Balaban J connectivity index is 1.84. The Bertz CT molecular complexity index is 953. The van der Waals surface area contributed by atoms with Gasteiger partial charge in [0.1, 0.15) is 0 Å². The van der Waals surface area contributed by atoms with Crippen LogP contribution >= 0.6 is 0 Å². The van der Waals surface area contributed by atoms with Gasteiger partial charge in [0.25, 0.3) is 5.91 Å². The predicted molar refractivity (Wildman–Crippen MR) is 105 cm³/mol. The molecule has 0 aliphatic rings. The second kappa shape index (κ2) is 9.45. The molecule has 0 saturated heterocycles. The van der Waals surface area contributed by atoms with Gasteiger partial charge < -0.3 is 23.9 Å². The molecule has 1 aromatic heterocycles. The minimum Gasteiger partial charge on any atom is -0.493 e. The van der Waals surface area contributed by atoms with Crippen LogP contribution in [-0.2, 0) is 16.1 Å². The molecule has 3 aromatic rings. The molecule has 7 nitrogen and oxygen atoms in total. The van der Waals surface area contributed by atoms with Gasteiger partial charge in [-0.15, -0.1) is 0 Å². The van der Waals surface area contributed by atoms with E-state index in [2.05, 4.69) is 5.32 Å². The molecule has 0 fully saturated rings. The molecular formula is C22H21NO6. The molecule has 1 atom stereocenters. The minimum atomic E-state index is -1.20. The van der Waals surface area contributed by atoms with Crippen LogP contribution in [-0.4, -0.2) is 26.1 Å². The van der Waals surface area contributed by atoms with Gasteiger partial charge >= 0.3 is 5.97 Å². The number of furan rings is 1. The zero-order valence-electron chi connectivity index (χ0n) is 16.1. The van der Waals surface area contributed by atoms with E-state index in [4.69, 9.17) is 18.6 Å². The van der Waals surface area contributed by atoms with E-state index in [1.54, 1.807) is 24.3 Å². The molecule has 1 heterocycles. The van der Waals surface area contributed by atoms with E-state index in [-0.39, 0.29) is 5.76 Å². The van der Waals surface area contributed by atoms with E-state index in [9.17, 15) is 9.59 Å². The monoisotopic (exact) mass is 395 g/mol. The van der Waals surface area contributed by atoms with E-state index < -0.39 is 18.0 Å². The summed E-state index contributed by atoms with van der Waals surface area (Å²) >= 11 is 0. The van der Waals surface area contributed by atoms with Crippen LogP contribution < -0.4 is 14.8 Å². The fourth-order valence-corrected chi connectivity index (χ4v) is 2.73. The van der Waals surface area contributed by atoms with Crippen molar-refractivity contribution in [3.8, 4) is 11.5 Å². The average Bonchev–Trinajstić information content (AvgIpc) is 3.31. The van der Waals surface area contributed by atoms with E-state index in [1.165, 1.54) is 26.5 Å². The number of carbonyl (C=O) groups excluding carboxylic acids is 2. The summed E-state index contributed by atoms with van der Waals surface area (Å²) in [7, 11) is 3.00. The van der Waals surface area contributed by atoms with Crippen molar-refractivity contribution in [3.63, 3.8) is 0 Å². The van der Waals surface area contributed by atoms with Crippen LogP contribution in [0.4, 0.5) is 0 Å². The lowest BCUT2D eigenvalue weighted by atomic mass is 10.1. The van der Waals surface area contributed by atoms with Gasteiger partial charge in [0.05, 0.1) is 20.5 Å². The van der Waals surface area contributed by atoms with Gasteiger partial charge in [-0.05, 0) is 29.8 Å². The van der Waals surface area contributed by atoms with Gasteiger partial charge in [-0.1, -0.05) is 36.4 Å². The lowest BCUT2D eigenvalue weighted by Gasteiger charge is -2.19. The Morgan fingerprint density at radius 1 is 0.966 bits per heavy atom. The van der Waals surface area contributed by atoms with Crippen LogP contribution in [0.3, 0.4) is 0 Å². The van der Waals surface area contributed by atoms with Gasteiger partial charge in [-0.2, -0.15) is 0 Å². The maximum Gasteiger partial charge on any atom is 0.375 e. The number of carbonyl (C=O) groups is 2. The topological polar surface area (TPSA) is 87.0 Å². The highest BCUT2D eigenvalue weighted by Gasteiger charge is 2.27. The zero-order valence-corrected chi connectivity index (χ0v) is 16.1. The molecular weight excluding hydrogens is 374 g/mol. The first kappa shape index (κ1) is 20.0. The second-order valence-corrected chi connectivity index (χ2v) is 6.08. The Hall–Kier alpha value is -3.74. The SMILES string of the molecule is COc1ccc([C@@H](OC(=O)c2ccco2)C(=O)NCc2ccccc2)cc1OC. The number of rotatable bonds is 8. The third kappa shape index (κ3) is 4.95. The van der Waals surface area contributed by atoms with Crippen molar-refractivity contribution in [2.45, 2.75) is 12.6 Å². The summed E-state index contributed by atoms with van der Waals surface area (Å²) in [5.74, 6) is -0.297. The summed E-state index contributed by atoms with van der Waals surface area (Å²) in [6.07, 6.45) is 0.161. The van der Waals surface area contributed by atoms with E-state index >= 15 is 0 Å². The summed E-state index contributed by atoms with van der Waals surface area (Å²) in [6.45, 7) is 0.293. The normalized spacial score (nSPS) is 11.4. The van der Waals surface area contributed by atoms with Crippen molar-refractivity contribution in [3.05, 3.63) is 83.8 Å². The molecule has 1 amide bonds. The number of ether oxygens (including phenoxy) is 3. The molecule has 0 aliphatic heterocycles. The van der Waals surface area contributed by atoms with Crippen LogP contribution in [0, 0.1) is 0 Å². The first-order valence-electron chi connectivity index (χ1n) is 8.90. The van der Waals surface area contributed by atoms with E-state index in [0.29, 0.717) is 23.6 Å². The van der Waals surface area contributed by atoms with Gasteiger partial charge in [0.2, 0.25) is 11.9 Å². The molecule has 2 aromatic carbocycles. The van der Waals surface area contributed by atoms with E-state index in [1.807, 2.05) is 30.3 Å². The first-order chi connectivity index (χ1) is 14.1. The predicted octanol–water partition coefficient (Wildman–Crippen LogP) is 3.51. The molecule has 3 rings (SSSR count). The van der Waals surface area contributed by atoms with Crippen molar-refractivity contribution >= 4 is 11.9 Å². The molecule has 1 N–H and O–H groups in total. The highest BCUT2D eigenvalue weighted by Crippen LogP contribution is 2.31. The second-order valence-electron chi connectivity index (χ2n) is 6.08. The largest absolute Gasteiger partial charge is 0.493 e. The summed E-state index contributed by atoms with van der Waals surface area (Å²) in [6, 6.07) is 17.3. The van der Waals surface area contributed by atoms with Crippen molar-refractivity contribution < 1.29 is 28.2 Å². The molecule has 7 heteroatoms. The van der Waals surface area contributed by atoms with Crippen LogP contribution in [0.15, 0.2) is 71.3 Å². The fraction of sp³-hybridized carbons (Fsp3) is 0.182. The lowest BCUT2D eigenvalue weighted by molar-refractivity contribution is -0.130. The summed E-state index contributed by atoms with van der Waals surface area (Å²) in [5.41, 5.74) is 1.36. The number of esters is 1. The third-order valence-electron chi connectivity index (χ3n) is 4.21. The lowest BCUT2D eigenvalue weighted by Crippen LogP contribution is -2.31. The maximum absolute atomic E-state index is 12.9. The van der Waals surface area contributed by atoms with Crippen LogP contribution in [0.2, 0.25) is 0 Å². The molecule has 0 radical (unpaired) electrons. The van der Waals surface area contributed by atoms with Crippen LogP contribution in [0.1, 0.15) is 27.8 Å². The summed E-state index contributed by atoms with van der Waals surface area (Å²) in [5, 5.41) is 2.80. The molecule has 150 valence electrons. The number of hydrogen-bond acceptors (Lipinski definition) is 6. The summed E-state index contributed by atoms with van der Waals surface area (Å²) in [4.78, 5) is 25.3. The standard InChI is InChI=1S/C22H21NO6/c1-26-17-11-10-16(13-19(17)27-2)20(29-22(25)18-9-6-12-28-18)21(24)23-14-15-7-4-3-5-8-15/h3-13,20H,14H2,1-2H3,(H,23,24)/t20-/m1/s1. The van der Waals surface area contributed by atoms with Gasteiger partial charge in [-0.25, -0.2) is 4.79 Å². The number of benzene rings is 2. The molecule has 0 spiro atoms. The zero-order chi connectivity index (χ0) is 20.6. The molecule has 0 unspecified atom stereocenters. The Morgan fingerprint density at radius 2 is 1.72 bits per heavy atom. The number of hydrogen-bond donors (Lipinski definition) is 1.